The molecule has 1 rings (SSSR count). The van der Waals surface area contributed by atoms with Crippen LogP contribution >= 0.6 is 0 Å². The van der Waals surface area contributed by atoms with E-state index in [4.69, 9.17) is 5.11 Å². The molecule has 0 spiro atoms. The number of aliphatic carboxylic acids is 1. The van der Waals surface area contributed by atoms with E-state index in [-0.39, 0.29) is 5.56 Å². The average molecular weight is 303 g/mol. The summed E-state index contributed by atoms with van der Waals surface area (Å²) in [5.41, 5.74) is -1.45. The SMILES string of the molecule is Cc1cc(C)c(C(=O)NC(C)(C(=O)O)C(F)(F)F)c(C)c1. The first-order chi connectivity index (χ1) is 9.40. The molecule has 116 valence electrons. The van der Waals surface area contributed by atoms with Gasteiger partial charge in [0.1, 0.15) is 0 Å². The van der Waals surface area contributed by atoms with Gasteiger partial charge in [0.05, 0.1) is 0 Å². The summed E-state index contributed by atoms with van der Waals surface area (Å²) < 4.78 is 38.7. The molecule has 1 aromatic rings. The minimum Gasteiger partial charge on any atom is -0.479 e. The average Bonchev–Trinajstić information content (AvgIpc) is 2.24. The van der Waals surface area contributed by atoms with Crippen LogP contribution in [-0.4, -0.2) is 28.7 Å². The van der Waals surface area contributed by atoms with Crippen molar-refractivity contribution in [1.82, 2.24) is 5.32 Å². The maximum atomic E-state index is 12.9. The van der Waals surface area contributed by atoms with E-state index in [0.29, 0.717) is 18.1 Å². The molecule has 1 amide bonds. The molecular formula is C14H16F3NO3. The lowest BCUT2D eigenvalue weighted by atomic mass is 9.96. The van der Waals surface area contributed by atoms with Crippen LogP contribution in [0.3, 0.4) is 0 Å². The zero-order valence-electron chi connectivity index (χ0n) is 12.1. The van der Waals surface area contributed by atoms with Crippen LogP contribution in [0.25, 0.3) is 0 Å². The van der Waals surface area contributed by atoms with Crippen molar-refractivity contribution in [2.75, 3.05) is 0 Å². The summed E-state index contributed by atoms with van der Waals surface area (Å²) in [4.78, 5) is 23.0. The Morgan fingerprint density at radius 2 is 1.52 bits per heavy atom. The van der Waals surface area contributed by atoms with Gasteiger partial charge < -0.3 is 10.4 Å². The van der Waals surface area contributed by atoms with Crippen molar-refractivity contribution in [3.05, 3.63) is 34.4 Å². The lowest BCUT2D eigenvalue weighted by molar-refractivity contribution is -0.203. The van der Waals surface area contributed by atoms with Crippen LogP contribution in [0.1, 0.15) is 34.0 Å². The molecule has 0 saturated heterocycles. The number of carbonyl (C=O) groups excluding carboxylic acids is 1. The highest BCUT2D eigenvalue weighted by atomic mass is 19.4. The van der Waals surface area contributed by atoms with Crippen LogP contribution < -0.4 is 5.32 Å². The molecule has 0 bridgehead atoms. The fourth-order valence-corrected chi connectivity index (χ4v) is 2.07. The maximum absolute atomic E-state index is 12.9. The number of carboxylic acid groups (broad SMARTS) is 1. The van der Waals surface area contributed by atoms with Gasteiger partial charge in [-0.15, -0.1) is 0 Å². The molecule has 0 aliphatic heterocycles. The van der Waals surface area contributed by atoms with Crippen molar-refractivity contribution in [2.45, 2.75) is 39.4 Å². The Balaban J connectivity index is 3.25. The van der Waals surface area contributed by atoms with Crippen molar-refractivity contribution in [3.63, 3.8) is 0 Å². The number of carboxylic acids is 1. The zero-order chi connectivity index (χ0) is 16.6. The van der Waals surface area contributed by atoms with E-state index in [9.17, 15) is 22.8 Å². The molecular weight excluding hydrogens is 287 g/mol. The van der Waals surface area contributed by atoms with Crippen LogP contribution in [-0.2, 0) is 4.79 Å². The Kier molecular flexibility index (Phi) is 4.36. The highest BCUT2D eigenvalue weighted by Crippen LogP contribution is 2.31. The van der Waals surface area contributed by atoms with Gasteiger partial charge in [0.25, 0.3) is 5.91 Å². The number of aryl methyl sites for hydroxylation is 3. The summed E-state index contributed by atoms with van der Waals surface area (Å²) >= 11 is 0. The van der Waals surface area contributed by atoms with Gasteiger partial charge in [-0.05, 0) is 38.8 Å². The third kappa shape index (κ3) is 3.17. The van der Waals surface area contributed by atoms with Crippen LogP contribution in [0.15, 0.2) is 12.1 Å². The van der Waals surface area contributed by atoms with Gasteiger partial charge >= 0.3 is 12.1 Å². The number of hydrogen-bond donors (Lipinski definition) is 2. The van der Waals surface area contributed by atoms with Crippen LogP contribution in [0.5, 0.6) is 0 Å². The van der Waals surface area contributed by atoms with Gasteiger partial charge in [0, 0.05) is 5.56 Å². The second kappa shape index (κ2) is 5.38. The number of amides is 1. The smallest absolute Gasteiger partial charge is 0.422 e. The van der Waals surface area contributed by atoms with Gasteiger partial charge in [0.15, 0.2) is 0 Å². The molecule has 0 radical (unpaired) electrons. The Hall–Kier alpha value is -2.05. The number of nitrogens with one attached hydrogen (secondary N) is 1. The van der Waals surface area contributed by atoms with E-state index in [0.717, 1.165) is 5.56 Å². The van der Waals surface area contributed by atoms with Crippen LogP contribution in [0.4, 0.5) is 13.2 Å². The molecule has 0 fully saturated rings. The van der Waals surface area contributed by atoms with E-state index in [1.54, 1.807) is 38.2 Å². The third-order valence-corrected chi connectivity index (χ3v) is 3.26. The summed E-state index contributed by atoms with van der Waals surface area (Å²) in [5.74, 6) is -3.22. The lowest BCUT2D eigenvalue weighted by Crippen LogP contribution is -2.62. The fraction of sp³-hybridized carbons (Fsp3) is 0.429. The number of benzene rings is 1. The van der Waals surface area contributed by atoms with Crippen molar-refractivity contribution in [2.24, 2.45) is 0 Å². The number of halogens is 3. The highest BCUT2D eigenvalue weighted by Gasteiger charge is 2.58. The molecule has 2 N–H and O–H groups in total. The molecule has 0 heterocycles. The van der Waals surface area contributed by atoms with Gasteiger partial charge in [-0.25, -0.2) is 4.79 Å². The summed E-state index contributed by atoms with van der Waals surface area (Å²) in [6, 6.07) is 3.29. The Labute approximate surface area is 120 Å². The lowest BCUT2D eigenvalue weighted by Gasteiger charge is -2.29. The van der Waals surface area contributed by atoms with Gasteiger partial charge in [0.2, 0.25) is 5.54 Å². The highest BCUT2D eigenvalue weighted by molar-refractivity contribution is 6.00. The summed E-state index contributed by atoms with van der Waals surface area (Å²) in [7, 11) is 0. The summed E-state index contributed by atoms with van der Waals surface area (Å²) in [5, 5.41) is 10.4. The standard InChI is InChI=1S/C14H16F3NO3/c1-7-5-8(2)10(9(3)6-7)11(19)18-13(4,12(20)21)14(15,16)17/h5-6H,1-4H3,(H,18,19)(H,20,21). The van der Waals surface area contributed by atoms with Gasteiger partial charge in [-0.2, -0.15) is 13.2 Å². The number of rotatable bonds is 3. The fourth-order valence-electron chi connectivity index (χ4n) is 2.07. The monoisotopic (exact) mass is 303 g/mol. The van der Waals surface area contributed by atoms with E-state index >= 15 is 0 Å². The Morgan fingerprint density at radius 3 is 1.86 bits per heavy atom. The quantitative estimate of drug-likeness (QED) is 0.902. The third-order valence-electron chi connectivity index (χ3n) is 3.26. The zero-order valence-corrected chi connectivity index (χ0v) is 12.1. The summed E-state index contributed by atoms with van der Waals surface area (Å²) in [6.45, 7) is 5.38. The predicted octanol–water partition coefficient (Wildman–Crippen LogP) is 2.75. The van der Waals surface area contributed by atoms with E-state index in [2.05, 4.69) is 0 Å². The van der Waals surface area contributed by atoms with Crippen LogP contribution in [0.2, 0.25) is 0 Å². The largest absolute Gasteiger partial charge is 0.479 e. The molecule has 21 heavy (non-hydrogen) atoms. The molecule has 0 saturated carbocycles. The first kappa shape index (κ1) is 17.0. The Bertz CT molecular complexity index is 573. The van der Waals surface area contributed by atoms with Gasteiger partial charge in [-0.1, -0.05) is 17.7 Å². The number of carbonyl (C=O) groups is 2. The normalized spacial score (nSPS) is 14.4. The van der Waals surface area contributed by atoms with Gasteiger partial charge in [-0.3, -0.25) is 4.79 Å². The Morgan fingerprint density at radius 1 is 1.10 bits per heavy atom. The minimum absolute atomic E-state index is 0.0531. The molecule has 7 heteroatoms. The predicted molar refractivity (Wildman–Crippen MR) is 70.2 cm³/mol. The molecule has 0 aromatic heterocycles. The molecule has 0 aliphatic rings. The molecule has 1 atom stereocenters. The van der Waals surface area contributed by atoms with E-state index < -0.39 is 23.6 Å². The van der Waals surface area contributed by atoms with Crippen molar-refractivity contribution >= 4 is 11.9 Å². The van der Waals surface area contributed by atoms with Crippen molar-refractivity contribution in [3.8, 4) is 0 Å². The first-order valence-electron chi connectivity index (χ1n) is 6.10. The number of alkyl halides is 3. The maximum Gasteiger partial charge on any atom is 0.422 e. The summed E-state index contributed by atoms with van der Waals surface area (Å²) in [6.07, 6.45) is -5.11. The first-order valence-corrected chi connectivity index (χ1v) is 6.10. The van der Waals surface area contributed by atoms with E-state index in [1.807, 2.05) is 0 Å². The van der Waals surface area contributed by atoms with Crippen LogP contribution in [0, 0.1) is 20.8 Å². The van der Waals surface area contributed by atoms with E-state index in [1.165, 1.54) is 0 Å². The molecule has 4 nitrogen and oxygen atoms in total. The van der Waals surface area contributed by atoms with Crippen molar-refractivity contribution < 1.29 is 27.9 Å². The number of hydrogen-bond acceptors (Lipinski definition) is 2. The topological polar surface area (TPSA) is 66.4 Å². The van der Waals surface area contributed by atoms with Crippen molar-refractivity contribution in [1.29, 1.82) is 0 Å². The molecule has 0 aliphatic carbocycles. The molecule has 1 aromatic carbocycles. The second-order valence-corrected chi connectivity index (χ2v) is 5.16. The minimum atomic E-state index is -5.11. The second-order valence-electron chi connectivity index (χ2n) is 5.16. The molecule has 1 unspecified atom stereocenters.